The number of carbonyl (C=O) groups excluding carboxylic acids is 1. The van der Waals surface area contributed by atoms with E-state index in [-0.39, 0.29) is 11.6 Å². The van der Waals surface area contributed by atoms with Gasteiger partial charge in [0, 0.05) is 24.6 Å². The zero-order valence-electron chi connectivity index (χ0n) is 14.2. The number of amides is 1. The molecule has 0 saturated carbocycles. The smallest absolute Gasteiger partial charge is 0.271 e. The van der Waals surface area contributed by atoms with Crippen LogP contribution in [0.4, 0.5) is 11.5 Å². The van der Waals surface area contributed by atoms with Gasteiger partial charge < -0.3 is 10.6 Å². The lowest BCUT2D eigenvalue weighted by Crippen LogP contribution is -2.24. The quantitative estimate of drug-likeness (QED) is 0.750. The van der Waals surface area contributed by atoms with Crippen molar-refractivity contribution >= 4 is 17.4 Å². The summed E-state index contributed by atoms with van der Waals surface area (Å²) < 4.78 is 0. The van der Waals surface area contributed by atoms with Crippen LogP contribution in [0.15, 0.2) is 55.1 Å². The van der Waals surface area contributed by atoms with Gasteiger partial charge in [0.05, 0.1) is 12.4 Å². The van der Waals surface area contributed by atoms with E-state index >= 15 is 0 Å². The van der Waals surface area contributed by atoms with Gasteiger partial charge in [-0.2, -0.15) is 0 Å². The first-order chi connectivity index (χ1) is 12.1. The van der Waals surface area contributed by atoms with E-state index < -0.39 is 0 Å². The van der Waals surface area contributed by atoms with Gasteiger partial charge in [-0.05, 0) is 42.7 Å². The molecule has 1 amide bonds. The summed E-state index contributed by atoms with van der Waals surface area (Å²) in [5, 5.41) is 6.07. The molecule has 0 aliphatic rings. The zero-order valence-corrected chi connectivity index (χ0v) is 14.2. The third kappa shape index (κ3) is 4.17. The van der Waals surface area contributed by atoms with Gasteiger partial charge in [-0.15, -0.1) is 0 Å². The first-order valence-electron chi connectivity index (χ1n) is 7.96. The van der Waals surface area contributed by atoms with E-state index in [1.165, 1.54) is 6.20 Å². The van der Waals surface area contributed by atoms with Crippen molar-refractivity contribution < 1.29 is 4.79 Å². The van der Waals surface area contributed by atoms with Gasteiger partial charge in [0.1, 0.15) is 11.5 Å². The van der Waals surface area contributed by atoms with Gasteiger partial charge in [-0.3, -0.25) is 9.78 Å². The second-order valence-electron chi connectivity index (χ2n) is 5.72. The van der Waals surface area contributed by atoms with Crippen molar-refractivity contribution in [3.8, 4) is 0 Å². The van der Waals surface area contributed by atoms with Crippen LogP contribution in [0.5, 0.6) is 0 Å². The Kier molecular flexibility index (Phi) is 4.99. The lowest BCUT2D eigenvalue weighted by molar-refractivity contribution is 0.0945. The summed E-state index contributed by atoms with van der Waals surface area (Å²) in [5.74, 6) is 0.339. The van der Waals surface area contributed by atoms with Crippen molar-refractivity contribution in [1.29, 1.82) is 0 Å². The number of pyridine rings is 1. The number of hydrogen-bond acceptors (Lipinski definition) is 5. The number of aromatic nitrogens is 3. The van der Waals surface area contributed by atoms with E-state index in [2.05, 4.69) is 25.6 Å². The van der Waals surface area contributed by atoms with Crippen molar-refractivity contribution in [2.45, 2.75) is 20.4 Å². The van der Waals surface area contributed by atoms with Crippen molar-refractivity contribution in [3.63, 3.8) is 0 Å². The van der Waals surface area contributed by atoms with Crippen LogP contribution in [0, 0.1) is 13.8 Å². The molecule has 6 nitrogen and oxygen atoms in total. The largest absolute Gasteiger partial charge is 0.347 e. The van der Waals surface area contributed by atoms with Gasteiger partial charge in [0.2, 0.25) is 0 Å². The summed E-state index contributed by atoms with van der Waals surface area (Å²) in [7, 11) is 0. The Balaban J connectivity index is 1.64. The molecule has 2 N–H and O–H groups in total. The topological polar surface area (TPSA) is 79.8 Å². The lowest BCUT2D eigenvalue weighted by Gasteiger charge is -2.11. The summed E-state index contributed by atoms with van der Waals surface area (Å²) >= 11 is 0. The highest BCUT2D eigenvalue weighted by molar-refractivity contribution is 5.92. The predicted octanol–water partition coefficient (Wildman–Crippen LogP) is 3.16. The van der Waals surface area contributed by atoms with Crippen LogP contribution < -0.4 is 10.6 Å². The number of anilines is 2. The normalized spacial score (nSPS) is 10.3. The molecular weight excluding hydrogens is 314 g/mol. The molecule has 0 fully saturated rings. The standard InChI is InChI=1S/C19H19N5O/c1-13-4-3-5-14(2)18(13)24-17-12-21-16(11-22-17)19(25)23-10-15-6-8-20-9-7-15/h3-9,11-12H,10H2,1-2H3,(H,22,24)(H,23,25). The van der Waals surface area contributed by atoms with Crippen molar-refractivity contribution in [2.75, 3.05) is 5.32 Å². The van der Waals surface area contributed by atoms with E-state index in [1.807, 2.05) is 44.2 Å². The number of benzene rings is 1. The minimum atomic E-state index is -0.261. The maximum Gasteiger partial charge on any atom is 0.271 e. The highest BCUT2D eigenvalue weighted by Crippen LogP contribution is 2.22. The van der Waals surface area contributed by atoms with E-state index in [4.69, 9.17) is 0 Å². The first-order valence-corrected chi connectivity index (χ1v) is 7.96. The number of nitrogens with one attached hydrogen (secondary N) is 2. The Labute approximate surface area is 146 Å². The molecule has 0 atom stereocenters. The Morgan fingerprint density at radius 2 is 1.72 bits per heavy atom. The number of hydrogen-bond donors (Lipinski definition) is 2. The van der Waals surface area contributed by atoms with Crippen LogP contribution in [0.25, 0.3) is 0 Å². The Morgan fingerprint density at radius 3 is 2.36 bits per heavy atom. The minimum Gasteiger partial charge on any atom is -0.347 e. The van der Waals surface area contributed by atoms with Crippen molar-refractivity contribution in [1.82, 2.24) is 20.3 Å². The van der Waals surface area contributed by atoms with Crippen molar-refractivity contribution in [3.05, 3.63) is 77.5 Å². The maximum atomic E-state index is 12.1. The van der Waals surface area contributed by atoms with Gasteiger partial charge >= 0.3 is 0 Å². The van der Waals surface area contributed by atoms with Gasteiger partial charge in [-0.25, -0.2) is 9.97 Å². The molecule has 0 saturated heterocycles. The Morgan fingerprint density at radius 1 is 1.00 bits per heavy atom. The summed E-state index contributed by atoms with van der Waals surface area (Å²) in [6, 6.07) is 9.78. The second kappa shape index (κ2) is 7.53. The van der Waals surface area contributed by atoms with Crippen LogP contribution >= 0.6 is 0 Å². The minimum absolute atomic E-state index is 0.261. The molecular formula is C19H19N5O. The zero-order chi connectivity index (χ0) is 17.6. The monoisotopic (exact) mass is 333 g/mol. The van der Waals surface area contributed by atoms with Gasteiger partial charge in [0.15, 0.2) is 0 Å². The summed E-state index contributed by atoms with van der Waals surface area (Å²) in [6.07, 6.45) is 6.41. The maximum absolute atomic E-state index is 12.1. The van der Waals surface area contributed by atoms with E-state index in [1.54, 1.807) is 18.6 Å². The summed E-state index contributed by atoms with van der Waals surface area (Å²) in [6.45, 7) is 4.48. The van der Waals surface area contributed by atoms with Gasteiger partial charge in [-0.1, -0.05) is 18.2 Å². The molecule has 6 heteroatoms. The molecule has 2 aromatic heterocycles. The fourth-order valence-electron chi connectivity index (χ4n) is 2.42. The Hall–Kier alpha value is -3.28. The molecule has 0 aliphatic heterocycles. The van der Waals surface area contributed by atoms with Crippen LogP contribution in [-0.4, -0.2) is 20.9 Å². The summed E-state index contributed by atoms with van der Waals surface area (Å²) in [5.41, 5.74) is 4.51. The SMILES string of the molecule is Cc1cccc(C)c1Nc1cnc(C(=O)NCc2ccncc2)cn1. The molecule has 3 aromatic rings. The fraction of sp³-hybridized carbons (Fsp3) is 0.158. The molecule has 126 valence electrons. The number of nitrogens with zero attached hydrogens (tertiary/aromatic N) is 3. The highest BCUT2D eigenvalue weighted by Gasteiger charge is 2.09. The highest BCUT2D eigenvalue weighted by atomic mass is 16.1. The predicted molar refractivity (Wildman–Crippen MR) is 96.6 cm³/mol. The number of aryl methyl sites for hydroxylation is 2. The average molecular weight is 333 g/mol. The third-order valence-electron chi connectivity index (χ3n) is 3.82. The van der Waals surface area contributed by atoms with Crippen LogP contribution in [-0.2, 0) is 6.54 Å². The van der Waals surface area contributed by atoms with E-state index in [0.717, 1.165) is 22.4 Å². The molecule has 2 heterocycles. The average Bonchev–Trinajstić information content (AvgIpc) is 2.64. The fourth-order valence-corrected chi connectivity index (χ4v) is 2.42. The van der Waals surface area contributed by atoms with Crippen LogP contribution in [0.3, 0.4) is 0 Å². The molecule has 1 aromatic carbocycles. The van der Waals surface area contributed by atoms with Crippen molar-refractivity contribution in [2.24, 2.45) is 0 Å². The molecule has 0 spiro atoms. The molecule has 0 bridgehead atoms. The Bertz CT molecular complexity index is 842. The molecule has 3 rings (SSSR count). The molecule has 0 unspecified atom stereocenters. The van der Waals surface area contributed by atoms with Crippen LogP contribution in [0.2, 0.25) is 0 Å². The van der Waals surface area contributed by atoms with Crippen LogP contribution in [0.1, 0.15) is 27.2 Å². The molecule has 0 radical (unpaired) electrons. The van der Waals surface area contributed by atoms with E-state index in [9.17, 15) is 4.79 Å². The number of rotatable bonds is 5. The molecule has 25 heavy (non-hydrogen) atoms. The lowest BCUT2D eigenvalue weighted by atomic mass is 10.1. The molecule has 0 aliphatic carbocycles. The first kappa shape index (κ1) is 16.6. The number of para-hydroxylation sites is 1. The summed E-state index contributed by atoms with van der Waals surface area (Å²) in [4.78, 5) is 24.6. The third-order valence-corrected chi connectivity index (χ3v) is 3.82. The van der Waals surface area contributed by atoms with E-state index in [0.29, 0.717) is 12.4 Å². The second-order valence-corrected chi connectivity index (χ2v) is 5.72. The van der Waals surface area contributed by atoms with Gasteiger partial charge in [0.25, 0.3) is 5.91 Å². The number of carbonyl (C=O) groups is 1.